The molecule has 1 aromatic heterocycles. The molecule has 98 valence electrons. The minimum Gasteiger partial charge on any atom is -0.395 e. The second kappa shape index (κ2) is 7.85. The summed E-state index contributed by atoms with van der Waals surface area (Å²) in [5.74, 6) is 7.11. The molecule has 2 rings (SSSR count). The summed E-state index contributed by atoms with van der Waals surface area (Å²) in [5.41, 5.74) is 1.08. The van der Waals surface area contributed by atoms with Crippen LogP contribution in [0.2, 0.25) is 0 Å². The summed E-state index contributed by atoms with van der Waals surface area (Å²) in [6.07, 6.45) is 2.92. The Morgan fingerprint density at radius 2 is 2.28 bits per heavy atom. The molecule has 1 aliphatic heterocycles. The Kier molecular flexibility index (Phi) is 6.09. The fourth-order valence-electron chi connectivity index (χ4n) is 1.78. The molecule has 1 fully saturated rings. The number of rotatable bonds is 4. The van der Waals surface area contributed by atoms with E-state index in [2.05, 4.69) is 23.3 Å². The molecular formula is C14H18O2S2. The largest absolute Gasteiger partial charge is 0.395 e. The third-order valence-electron chi connectivity index (χ3n) is 2.75. The van der Waals surface area contributed by atoms with Crippen LogP contribution < -0.4 is 0 Å². The highest BCUT2D eigenvalue weighted by atomic mass is 32.2. The van der Waals surface area contributed by atoms with E-state index in [1.165, 1.54) is 17.7 Å². The molecule has 1 saturated heterocycles. The summed E-state index contributed by atoms with van der Waals surface area (Å²) in [6.45, 7) is 1.98. The van der Waals surface area contributed by atoms with Crippen LogP contribution in [-0.4, -0.2) is 30.2 Å². The van der Waals surface area contributed by atoms with Crippen LogP contribution in [0.5, 0.6) is 0 Å². The van der Waals surface area contributed by atoms with E-state index in [1.807, 2.05) is 11.8 Å². The first-order valence-corrected chi connectivity index (χ1v) is 8.18. The maximum Gasteiger partial charge on any atom is 0.0540 e. The standard InChI is InChI=1S/C14H18O2S2/c15-6-2-1-3-12-9-14(17-10-12)11-18-13-4-7-16-8-5-13/h9-10,13,15H,2,4-8,11H2. The number of hydrogen-bond donors (Lipinski definition) is 1. The van der Waals surface area contributed by atoms with Crippen LogP contribution in [0.15, 0.2) is 11.4 Å². The third kappa shape index (κ3) is 4.66. The lowest BCUT2D eigenvalue weighted by Crippen LogP contribution is -2.17. The topological polar surface area (TPSA) is 29.5 Å². The van der Waals surface area contributed by atoms with Crippen LogP contribution in [0.4, 0.5) is 0 Å². The van der Waals surface area contributed by atoms with Gasteiger partial charge in [-0.05, 0) is 18.9 Å². The molecule has 1 N–H and O–H groups in total. The predicted molar refractivity (Wildman–Crippen MR) is 78.0 cm³/mol. The summed E-state index contributed by atoms with van der Waals surface area (Å²) in [7, 11) is 0. The fourth-order valence-corrected chi connectivity index (χ4v) is 3.87. The minimum atomic E-state index is 0.142. The van der Waals surface area contributed by atoms with Crippen molar-refractivity contribution in [3.8, 4) is 11.8 Å². The van der Waals surface area contributed by atoms with Crippen molar-refractivity contribution in [1.29, 1.82) is 0 Å². The maximum atomic E-state index is 8.66. The quantitative estimate of drug-likeness (QED) is 0.861. The Hall–Kier alpha value is -0.470. The molecule has 0 spiro atoms. The SMILES string of the molecule is OCCC#Cc1csc(CSC2CCOCC2)c1. The molecular weight excluding hydrogens is 264 g/mol. The van der Waals surface area contributed by atoms with Gasteiger partial charge >= 0.3 is 0 Å². The van der Waals surface area contributed by atoms with Crippen LogP contribution in [0, 0.1) is 11.8 Å². The van der Waals surface area contributed by atoms with E-state index < -0.39 is 0 Å². The molecule has 0 atom stereocenters. The number of aliphatic hydroxyl groups is 1. The lowest BCUT2D eigenvalue weighted by Gasteiger charge is -2.20. The highest BCUT2D eigenvalue weighted by Gasteiger charge is 2.14. The predicted octanol–water partition coefficient (Wildman–Crippen LogP) is 2.89. The molecule has 1 aromatic rings. The van der Waals surface area contributed by atoms with Crippen LogP contribution >= 0.6 is 23.1 Å². The molecule has 2 heterocycles. The van der Waals surface area contributed by atoms with E-state index in [9.17, 15) is 0 Å². The summed E-state index contributed by atoms with van der Waals surface area (Å²) in [4.78, 5) is 1.39. The van der Waals surface area contributed by atoms with Crippen LogP contribution in [0.3, 0.4) is 0 Å². The Morgan fingerprint density at radius 3 is 3.06 bits per heavy atom. The Morgan fingerprint density at radius 1 is 1.44 bits per heavy atom. The first-order chi connectivity index (χ1) is 8.88. The summed E-state index contributed by atoms with van der Waals surface area (Å²) >= 11 is 3.81. The van der Waals surface area contributed by atoms with E-state index in [1.54, 1.807) is 11.3 Å². The van der Waals surface area contributed by atoms with Gasteiger partial charge in [0.1, 0.15) is 0 Å². The van der Waals surface area contributed by atoms with Crippen molar-refractivity contribution in [1.82, 2.24) is 0 Å². The van der Waals surface area contributed by atoms with E-state index in [0.29, 0.717) is 6.42 Å². The molecule has 0 unspecified atom stereocenters. The van der Waals surface area contributed by atoms with Crippen molar-refractivity contribution in [2.75, 3.05) is 19.8 Å². The van der Waals surface area contributed by atoms with Crippen molar-refractivity contribution >= 4 is 23.1 Å². The van der Waals surface area contributed by atoms with Crippen molar-refractivity contribution in [2.45, 2.75) is 30.3 Å². The van der Waals surface area contributed by atoms with E-state index in [-0.39, 0.29) is 6.61 Å². The van der Waals surface area contributed by atoms with Gasteiger partial charge in [-0.25, -0.2) is 0 Å². The molecule has 0 aliphatic carbocycles. The van der Waals surface area contributed by atoms with Crippen molar-refractivity contribution in [2.24, 2.45) is 0 Å². The average molecular weight is 282 g/mol. The number of ether oxygens (including phenoxy) is 1. The monoisotopic (exact) mass is 282 g/mol. The van der Waals surface area contributed by atoms with E-state index in [4.69, 9.17) is 9.84 Å². The van der Waals surface area contributed by atoms with Crippen LogP contribution in [0.1, 0.15) is 29.7 Å². The van der Waals surface area contributed by atoms with Gasteiger partial charge in [0, 0.05) is 46.5 Å². The lowest BCUT2D eigenvalue weighted by atomic mass is 10.2. The molecule has 2 nitrogen and oxygen atoms in total. The average Bonchev–Trinajstić information content (AvgIpc) is 2.86. The van der Waals surface area contributed by atoms with Gasteiger partial charge < -0.3 is 9.84 Å². The van der Waals surface area contributed by atoms with Gasteiger partial charge in [-0.1, -0.05) is 11.8 Å². The summed E-state index contributed by atoms with van der Waals surface area (Å²) in [6, 6.07) is 2.17. The van der Waals surface area contributed by atoms with Gasteiger partial charge in [0.05, 0.1) is 6.61 Å². The highest BCUT2D eigenvalue weighted by Crippen LogP contribution is 2.28. The molecule has 0 bridgehead atoms. The maximum absolute atomic E-state index is 8.66. The molecule has 1 aliphatic rings. The zero-order valence-corrected chi connectivity index (χ0v) is 12.0. The normalized spacial score (nSPS) is 16.3. The first-order valence-electron chi connectivity index (χ1n) is 6.25. The smallest absolute Gasteiger partial charge is 0.0540 e. The van der Waals surface area contributed by atoms with Crippen molar-refractivity contribution in [3.05, 3.63) is 21.9 Å². The molecule has 18 heavy (non-hydrogen) atoms. The second-order valence-electron chi connectivity index (χ2n) is 4.20. The molecule has 0 radical (unpaired) electrons. The van der Waals surface area contributed by atoms with E-state index >= 15 is 0 Å². The molecule has 0 aromatic carbocycles. The zero-order valence-electron chi connectivity index (χ0n) is 10.4. The van der Waals surface area contributed by atoms with Gasteiger partial charge in [-0.15, -0.1) is 11.3 Å². The van der Waals surface area contributed by atoms with Crippen molar-refractivity contribution in [3.63, 3.8) is 0 Å². The zero-order chi connectivity index (χ0) is 12.6. The summed E-state index contributed by atoms with van der Waals surface area (Å²) < 4.78 is 5.36. The van der Waals surface area contributed by atoms with Gasteiger partial charge in [-0.3, -0.25) is 0 Å². The Bertz CT molecular complexity index is 411. The van der Waals surface area contributed by atoms with Gasteiger partial charge in [0.25, 0.3) is 0 Å². The minimum absolute atomic E-state index is 0.142. The second-order valence-corrected chi connectivity index (χ2v) is 6.48. The third-order valence-corrected chi connectivity index (χ3v) is 5.29. The van der Waals surface area contributed by atoms with E-state index in [0.717, 1.165) is 29.8 Å². The van der Waals surface area contributed by atoms with Crippen LogP contribution in [0.25, 0.3) is 0 Å². The van der Waals surface area contributed by atoms with Gasteiger partial charge in [0.15, 0.2) is 0 Å². The number of hydrogen-bond acceptors (Lipinski definition) is 4. The van der Waals surface area contributed by atoms with Crippen molar-refractivity contribution < 1.29 is 9.84 Å². The molecule has 4 heteroatoms. The lowest BCUT2D eigenvalue weighted by molar-refractivity contribution is 0.1000. The van der Waals surface area contributed by atoms with Crippen LogP contribution in [-0.2, 0) is 10.5 Å². The fraction of sp³-hybridized carbons (Fsp3) is 0.571. The Labute approximate surface area is 117 Å². The van der Waals surface area contributed by atoms with Gasteiger partial charge in [-0.2, -0.15) is 11.8 Å². The number of thiophene rings is 1. The first kappa shape index (κ1) is 14.0. The van der Waals surface area contributed by atoms with Gasteiger partial charge in [0.2, 0.25) is 0 Å². The molecule has 0 saturated carbocycles. The molecule has 0 amide bonds. The highest BCUT2D eigenvalue weighted by molar-refractivity contribution is 7.99. The number of thioether (sulfide) groups is 1. The number of aliphatic hydroxyl groups excluding tert-OH is 1. The summed E-state index contributed by atoms with van der Waals surface area (Å²) in [5, 5.41) is 11.5. The Balaban J connectivity index is 1.77.